The number of benzene rings is 1. The quantitative estimate of drug-likeness (QED) is 0.449. The number of nitrogens with zero attached hydrogens (tertiary/aromatic N) is 3. The lowest BCUT2D eigenvalue weighted by Gasteiger charge is -2.26. The summed E-state index contributed by atoms with van der Waals surface area (Å²) in [5.74, 6) is 1.35. The van der Waals surface area contributed by atoms with Gasteiger partial charge in [-0.2, -0.15) is 4.98 Å². The monoisotopic (exact) mass is 430 g/mol. The first-order chi connectivity index (χ1) is 14.1. The predicted molar refractivity (Wildman–Crippen MR) is 111 cm³/mol. The molecule has 4 rings (SSSR count). The summed E-state index contributed by atoms with van der Waals surface area (Å²) in [6.07, 6.45) is 1.57. The average Bonchev–Trinajstić information content (AvgIpc) is 3.36. The van der Waals surface area contributed by atoms with Crippen molar-refractivity contribution in [2.45, 2.75) is 30.8 Å². The molecule has 1 aliphatic rings. The van der Waals surface area contributed by atoms with Gasteiger partial charge in [0.05, 0.1) is 18.4 Å². The fourth-order valence-electron chi connectivity index (χ4n) is 3.13. The van der Waals surface area contributed by atoms with Crippen molar-refractivity contribution in [1.82, 2.24) is 14.8 Å². The number of halogens is 1. The second-order valence-electron chi connectivity index (χ2n) is 6.34. The molecule has 0 bridgehead atoms. The highest BCUT2D eigenvalue weighted by Crippen LogP contribution is 2.37. The summed E-state index contributed by atoms with van der Waals surface area (Å²) in [6.45, 7) is 3.87. The molecule has 0 fully saturated rings. The topological polar surface area (TPSA) is 82.2 Å². The lowest BCUT2D eigenvalue weighted by Crippen LogP contribution is -2.29. The van der Waals surface area contributed by atoms with Crippen molar-refractivity contribution in [2.24, 2.45) is 0 Å². The van der Waals surface area contributed by atoms with E-state index in [0.717, 1.165) is 5.56 Å². The molecular weight excluding hydrogens is 412 g/mol. The van der Waals surface area contributed by atoms with Gasteiger partial charge in [0.15, 0.2) is 0 Å². The van der Waals surface area contributed by atoms with Gasteiger partial charge in [-0.25, -0.2) is 9.48 Å². The molecule has 2 aromatic heterocycles. The molecule has 1 aliphatic heterocycles. The smallest absolute Gasteiger partial charge is 0.338 e. The van der Waals surface area contributed by atoms with E-state index in [1.54, 1.807) is 23.9 Å². The van der Waals surface area contributed by atoms with Gasteiger partial charge < -0.3 is 14.5 Å². The van der Waals surface area contributed by atoms with E-state index in [0.29, 0.717) is 38.9 Å². The Balaban J connectivity index is 1.66. The third-order valence-electron chi connectivity index (χ3n) is 4.46. The number of carbonyl (C=O) groups is 1. The van der Waals surface area contributed by atoms with Crippen molar-refractivity contribution in [3.8, 4) is 0 Å². The molecule has 1 atom stereocenters. The third kappa shape index (κ3) is 3.90. The third-order valence-corrected chi connectivity index (χ3v) is 5.71. The number of esters is 1. The van der Waals surface area contributed by atoms with Crippen molar-refractivity contribution in [3.63, 3.8) is 0 Å². The zero-order valence-electron chi connectivity index (χ0n) is 15.9. The van der Waals surface area contributed by atoms with Gasteiger partial charge >= 0.3 is 5.97 Å². The number of thioether (sulfide) groups is 1. The van der Waals surface area contributed by atoms with Crippen molar-refractivity contribution >= 4 is 35.3 Å². The fourth-order valence-corrected chi connectivity index (χ4v) is 4.25. The number of hydrogen-bond donors (Lipinski definition) is 1. The lowest BCUT2D eigenvalue weighted by atomic mass is 10.0. The minimum absolute atomic E-state index is 0.281. The van der Waals surface area contributed by atoms with E-state index in [2.05, 4.69) is 15.4 Å². The van der Waals surface area contributed by atoms with Crippen LogP contribution in [0.2, 0.25) is 5.02 Å². The van der Waals surface area contributed by atoms with Gasteiger partial charge in [0.1, 0.15) is 11.8 Å². The first-order valence-corrected chi connectivity index (χ1v) is 10.5. The minimum Gasteiger partial charge on any atom is -0.467 e. The van der Waals surface area contributed by atoms with Gasteiger partial charge in [0.25, 0.3) is 0 Å². The molecule has 0 spiro atoms. The van der Waals surface area contributed by atoms with E-state index in [1.807, 2.05) is 37.3 Å². The molecule has 3 aromatic rings. The van der Waals surface area contributed by atoms with Crippen molar-refractivity contribution in [2.75, 3.05) is 11.9 Å². The molecule has 150 valence electrons. The molecule has 1 N–H and O–H groups in total. The number of rotatable bonds is 6. The minimum atomic E-state index is -0.553. The van der Waals surface area contributed by atoms with Crippen LogP contribution in [0.4, 0.5) is 5.95 Å². The highest BCUT2D eigenvalue weighted by Gasteiger charge is 2.36. The number of aromatic nitrogens is 3. The summed E-state index contributed by atoms with van der Waals surface area (Å²) >= 11 is 7.71. The standard InChI is InChI=1S/C20H19ClN4O3S/c1-3-27-18(26)16-12(2)22-19-23-20(29-11-13-7-4-5-8-14(13)21)24-25(19)17(16)15-9-6-10-28-15/h4-10,17H,3,11H2,1-2H3,(H,22,23,24). The van der Waals surface area contributed by atoms with Crippen LogP contribution >= 0.6 is 23.4 Å². The summed E-state index contributed by atoms with van der Waals surface area (Å²) in [4.78, 5) is 17.2. The van der Waals surface area contributed by atoms with Gasteiger partial charge in [0, 0.05) is 16.5 Å². The Morgan fingerprint density at radius 3 is 2.90 bits per heavy atom. The second kappa shape index (κ2) is 8.34. The maximum atomic E-state index is 12.6. The van der Waals surface area contributed by atoms with Crippen LogP contribution in [-0.4, -0.2) is 27.3 Å². The van der Waals surface area contributed by atoms with Crippen LogP contribution in [0.15, 0.2) is 63.5 Å². The molecule has 0 aliphatic carbocycles. The van der Waals surface area contributed by atoms with Crippen molar-refractivity contribution in [3.05, 3.63) is 70.3 Å². The van der Waals surface area contributed by atoms with Gasteiger partial charge in [0.2, 0.25) is 11.1 Å². The van der Waals surface area contributed by atoms with Crippen LogP contribution in [0.3, 0.4) is 0 Å². The van der Waals surface area contributed by atoms with Crippen molar-refractivity contribution < 1.29 is 13.9 Å². The molecule has 7 nitrogen and oxygen atoms in total. The summed E-state index contributed by atoms with van der Waals surface area (Å²) < 4.78 is 12.5. The molecule has 1 unspecified atom stereocenters. The normalized spacial score (nSPS) is 15.8. The molecule has 0 saturated carbocycles. The Bertz CT molecular complexity index is 1060. The maximum absolute atomic E-state index is 12.6. The number of fused-ring (bicyclic) bond motifs is 1. The van der Waals surface area contributed by atoms with E-state index < -0.39 is 12.0 Å². The van der Waals surface area contributed by atoms with E-state index in [9.17, 15) is 4.79 Å². The number of ether oxygens (including phenoxy) is 1. The predicted octanol–water partition coefficient (Wildman–Crippen LogP) is 4.67. The van der Waals surface area contributed by atoms with Crippen LogP contribution in [0.1, 0.15) is 31.2 Å². The van der Waals surface area contributed by atoms with Gasteiger partial charge in [-0.3, -0.25) is 0 Å². The zero-order chi connectivity index (χ0) is 20.4. The van der Waals surface area contributed by atoms with Crippen LogP contribution in [0.5, 0.6) is 0 Å². The number of hydrogen-bond acceptors (Lipinski definition) is 7. The molecule has 9 heteroatoms. The van der Waals surface area contributed by atoms with E-state index >= 15 is 0 Å². The largest absolute Gasteiger partial charge is 0.467 e. The summed E-state index contributed by atoms with van der Waals surface area (Å²) in [5.41, 5.74) is 2.11. The Kier molecular flexibility index (Phi) is 5.64. The first-order valence-electron chi connectivity index (χ1n) is 9.09. The summed E-state index contributed by atoms with van der Waals surface area (Å²) in [7, 11) is 0. The Morgan fingerprint density at radius 1 is 1.34 bits per heavy atom. The number of anilines is 1. The second-order valence-corrected chi connectivity index (χ2v) is 7.69. The van der Waals surface area contributed by atoms with Crippen LogP contribution in [0, 0.1) is 0 Å². The van der Waals surface area contributed by atoms with Crippen molar-refractivity contribution in [1.29, 1.82) is 0 Å². The van der Waals surface area contributed by atoms with E-state index in [1.165, 1.54) is 11.8 Å². The number of nitrogens with one attached hydrogen (secondary N) is 1. The maximum Gasteiger partial charge on any atom is 0.338 e. The highest BCUT2D eigenvalue weighted by molar-refractivity contribution is 7.98. The Hall–Kier alpha value is -2.71. The first kappa shape index (κ1) is 19.6. The van der Waals surface area contributed by atoms with Gasteiger partial charge in [-0.1, -0.05) is 41.6 Å². The fraction of sp³-hybridized carbons (Fsp3) is 0.250. The molecule has 1 aromatic carbocycles. The Morgan fingerprint density at radius 2 is 2.17 bits per heavy atom. The highest BCUT2D eigenvalue weighted by atomic mass is 35.5. The summed E-state index contributed by atoms with van der Waals surface area (Å²) in [6, 6.07) is 10.7. The molecule has 0 saturated heterocycles. The molecule has 0 amide bonds. The number of allylic oxidation sites excluding steroid dienone is 1. The molecule has 0 radical (unpaired) electrons. The van der Waals surface area contributed by atoms with Gasteiger partial charge in [-0.15, -0.1) is 5.10 Å². The Labute approximate surface area is 177 Å². The van der Waals surface area contributed by atoms with Crippen LogP contribution in [-0.2, 0) is 15.3 Å². The number of carbonyl (C=O) groups excluding carboxylic acids is 1. The van der Waals surface area contributed by atoms with Gasteiger partial charge in [-0.05, 0) is 37.6 Å². The molecule has 29 heavy (non-hydrogen) atoms. The van der Waals surface area contributed by atoms with E-state index in [-0.39, 0.29) is 6.61 Å². The SMILES string of the molecule is CCOC(=O)C1=C(C)Nc2nc(SCc3ccccc3Cl)nn2C1c1ccco1. The van der Waals surface area contributed by atoms with Crippen LogP contribution < -0.4 is 5.32 Å². The molecule has 3 heterocycles. The summed E-state index contributed by atoms with van der Waals surface area (Å²) in [5, 5.41) is 9.06. The number of furan rings is 1. The molecular formula is C20H19ClN4O3S. The zero-order valence-corrected chi connectivity index (χ0v) is 17.5. The average molecular weight is 431 g/mol. The van der Waals surface area contributed by atoms with E-state index in [4.69, 9.17) is 20.8 Å². The lowest BCUT2D eigenvalue weighted by molar-refractivity contribution is -0.139. The van der Waals surface area contributed by atoms with Crippen LogP contribution in [0.25, 0.3) is 0 Å².